The van der Waals surface area contributed by atoms with Gasteiger partial charge in [-0.1, -0.05) is 194 Å². The number of carbonyl (C=O) groups is 3. The summed E-state index contributed by atoms with van der Waals surface area (Å²) in [5, 5.41) is 28.3. The quantitative estimate of drug-likeness (QED) is 0.0284. The molecule has 372 valence electrons. The van der Waals surface area contributed by atoms with Crippen LogP contribution in [0.4, 0.5) is 0 Å². The second-order valence-electron chi connectivity index (χ2n) is 18.8. The van der Waals surface area contributed by atoms with Gasteiger partial charge in [-0.25, -0.2) is 0 Å². The molecule has 1 aromatic carbocycles. The van der Waals surface area contributed by atoms with E-state index in [0.717, 1.165) is 98.4 Å². The zero-order valence-electron chi connectivity index (χ0n) is 41.1. The molecular formula is C54H96O7S3. The Kier molecular flexibility index (Phi) is 38.3. The first-order valence-corrected chi connectivity index (χ1v) is 28.1. The zero-order chi connectivity index (χ0) is 47.2. The van der Waals surface area contributed by atoms with Gasteiger partial charge in [-0.15, -0.1) is 0 Å². The fourth-order valence-electron chi connectivity index (χ4n) is 9.25. The molecule has 3 unspecified atom stereocenters. The highest BCUT2D eigenvalue weighted by Crippen LogP contribution is 2.50. The summed E-state index contributed by atoms with van der Waals surface area (Å²) < 4.78 is 7.00. The maximum atomic E-state index is 12.0. The molecule has 1 rings (SSSR count). The fourth-order valence-corrected chi connectivity index (χ4v) is 10.5. The van der Waals surface area contributed by atoms with Gasteiger partial charge in [0.05, 0.1) is 6.61 Å². The van der Waals surface area contributed by atoms with Crippen LogP contribution in [0.15, 0.2) is 0 Å². The van der Waals surface area contributed by atoms with Gasteiger partial charge < -0.3 is 20.1 Å². The monoisotopic (exact) mass is 953 g/mol. The van der Waals surface area contributed by atoms with Crippen molar-refractivity contribution in [1.82, 2.24) is 0 Å². The summed E-state index contributed by atoms with van der Waals surface area (Å²) in [6.07, 6.45) is 38.4. The third-order valence-electron chi connectivity index (χ3n) is 13.0. The van der Waals surface area contributed by atoms with E-state index >= 15 is 0 Å². The summed E-state index contributed by atoms with van der Waals surface area (Å²) in [6, 6.07) is 0. The maximum Gasteiger partial charge on any atom is 0.303 e. The van der Waals surface area contributed by atoms with E-state index in [-0.39, 0.29) is 24.5 Å². The molecule has 1 aromatic rings. The minimum absolute atomic E-state index is 0.0299. The number of benzene rings is 1. The molecule has 0 saturated carbocycles. The van der Waals surface area contributed by atoms with Crippen molar-refractivity contribution in [1.29, 1.82) is 0 Å². The molecule has 0 bridgehead atoms. The minimum Gasteiger partial charge on any atom is -0.493 e. The Labute approximate surface area is 408 Å². The van der Waals surface area contributed by atoms with Crippen LogP contribution in [0, 0.1) is 0 Å². The number of aliphatic carboxylic acids is 3. The van der Waals surface area contributed by atoms with E-state index in [1.165, 1.54) is 135 Å². The van der Waals surface area contributed by atoms with Crippen LogP contribution >= 0.6 is 37.9 Å². The van der Waals surface area contributed by atoms with Crippen molar-refractivity contribution < 1.29 is 34.4 Å². The number of rotatable bonds is 46. The summed E-state index contributed by atoms with van der Waals surface area (Å²) in [5.41, 5.74) is 4.95. The van der Waals surface area contributed by atoms with Crippen LogP contribution in [0.5, 0.6) is 5.75 Å². The Hall–Kier alpha value is -1.52. The van der Waals surface area contributed by atoms with E-state index in [1.807, 2.05) is 0 Å². The number of hydrogen-bond acceptors (Lipinski definition) is 7. The Balaban J connectivity index is 3.78. The van der Waals surface area contributed by atoms with E-state index in [0.29, 0.717) is 31.6 Å². The summed E-state index contributed by atoms with van der Waals surface area (Å²) in [4.78, 5) is 36.1. The molecule has 64 heavy (non-hydrogen) atoms. The van der Waals surface area contributed by atoms with Crippen molar-refractivity contribution in [3.63, 3.8) is 0 Å². The molecule has 0 aliphatic carbocycles. The summed E-state index contributed by atoms with van der Waals surface area (Å²) in [5.74, 6) is -1.93. The van der Waals surface area contributed by atoms with E-state index in [4.69, 9.17) is 42.6 Å². The average Bonchev–Trinajstić information content (AvgIpc) is 3.26. The van der Waals surface area contributed by atoms with Gasteiger partial charge in [0.15, 0.2) is 0 Å². The molecule has 0 saturated heterocycles. The van der Waals surface area contributed by atoms with E-state index in [1.54, 1.807) is 0 Å². The molecule has 0 spiro atoms. The Morgan fingerprint density at radius 2 is 0.641 bits per heavy atom. The normalized spacial score (nSPS) is 13.0. The summed E-state index contributed by atoms with van der Waals surface area (Å²) in [7, 11) is 0. The molecule has 0 fully saturated rings. The summed E-state index contributed by atoms with van der Waals surface area (Å²) in [6.45, 7) is 7.24. The van der Waals surface area contributed by atoms with Crippen molar-refractivity contribution in [3.8, 4) is 5.75 Å². The Morgan fingerprint density at radius 1 is 0.391 bits per heavy atom. The lowest BCUT2D eigenvalue weighted by atomic mass is 9.80. The predicted molar refractivity (Wildman–Crippen MR) is 281 cm³/mol. The summed E-state index contributed by atoms with van der Waals surface area (Å²) >= 11 is 15.6. The van der Waals surface area contributed by atoms with Gasteiger partial charge >= 0.3 is 17.9 Å². The number of hydrogen-bond donors (Lipinski definition) is 6. The molecule has 0 aliphatic rings. The number of carboxylic acids is 3. The lowest BCUT2D eigenvalue weighted by Gasteiger charge is -2.33. The highest BCUT2D eigenvalue weighted by atomic mass is 32.1. The standard InChI is InChI=1S/C54H96O7S3/c1-4-7-10-13-16-19-22-25-28-31-34-43-51(45(62)36-39-48(55)56)44(35-32-29-26-23-20-17-14-11-8-5-2)53(47(64)38-41-50(59)60)54(52(43)46(63)37-40-49(57)58)61-42-33-30-27-24-21-18-15-12-9-6-3/h45-47,62-64H,4-42H2,1-3H3,(H,55,56)(H,57,58)(H,59,60). The van der Waals surface area contributed by atoms with Gasteiger partial charge in [0, 0.05) is 46.1 Å². The maximum absolute atomic E-state index is 12.0. The molecular weight excluding hydrogens is 857 g/mol. The second-order valence-corrected chi connectivity index (χ2v) is 20.6. The van der Waals surface area contributed by atoms with Crippen molar-refractivity contribution in [2.75, 3.05) is 6.61 Å². The Morgan fingerprint density at radius 3 is 0.922 bits per heavy atom. The van der Waals surface area contributed by atoms with Crippen LogP contribution in [0.25, 0.3) is 0 Å². The van der Waals surface area contributed by atoms with Gasteiger partial charge in [0.1, 0.15) is 5.75 Å². The van der Waals surface area contributed by atoms with Crippen molar-refractivity contribution >= 4 is 55.8 Å². The lowest BCUT2D eigenvalue weighted by molar-refractivity contribution is -0.138. The first-order chi connectivity index (χ1) is 31.0. The van der Waals surface area contributed by atoms with Gasteiger partial charge in [0.25, 0.3) is 0 Å². The van der Waals surface area contributed by atoms with E-state index in [2.05, 4.69) is 20.8 Å². The first kappa shape index (κ1) is 60.5. The van der Waals surface area contributed by atoms with Crippen molar-refractivity contribution in [3.05, 3.63) is 27.8 Å². The number of ether oxygens (including phenoxy) is 1. The minimum atomic E-state index is -0.886. The van der Waals surface area contributed by atoms with Crippen LogP contribution in [-0.2, 0) is 27.2 Å². The van der Waals surface area contributed by atoms with E-state index in [9.17, 15) is 29.7 Å². The van der Waals surface area contributed by atoms with Gasteiger partial charge in [0.2, 0.25) is 0 Å². The SMILES string of the molecule is CCCCCCCCCCCCOc1c(C(S)CCC(=O)O)c(CCCCCCCCCCCC)c(C(S)CCC(=O)O)c(CCCCCCCCCCCC)c1C(S)CCC(=O)O. The highest BCUT2D eigenvalue weighted by molar-refractivity contribution is 7.81. The number of carboxylic acid groups (broad SMARTS) is 3. The van der Waals surface area contributed by atoms with E-state index < -0.39 is 28.4 Å². The van der Waals surface area contributed by atoms with Crippen LogP contribution in [0.2, 0.25) is 0 Å². The van der Waals surface area contributed by atoms with Crippen molar-refractivity contribution in [2.45, 2.75) is 281 Å². The first-order valence-electron chi connectivity index (χ1n) is 26.5. The molecule has 7 nitrogen and oxygen atoms in total. The smallest absolute Gasteiger partial charge is 0.303 e. The zero-order valence-corrected chi connectivity index (χ0v) is 43.8. The molecule has 0 aliphatic heterocycles. The van der Waals surface area contributed by atoms with Crippen LogP contribution in [-0.4, -0.2) is 39.8 Å². The molecule has 0 heterocycles. The third-order valence-corrected chi connectivity index (χ3v) is 14.5. The fraction of sp³-hybridized carbons (Fsp3) is 0.833. The molecule has 3 N–H and O–H groups in total. The average molecular weight is 954 g/mol. The van der Waals surface area contributed by atoms with Gasteiger partial charge in [-0.05, 0) is 68.1 Å². The Bertz CT molecular complexity index is 1280. The number of unbranched alkanes of at least 4 members (excludes halogenated alkanes) is 27. The van der Waals surface area contributed by atoms with Crippen LogP contribution < -0.4 is 4.74 Å². The van der Waals surface area contributed by atoms with Crippen LogP contribution in [0.1, 0.15) is 295 Å². The lowest BCUT2D eigenvalue weighted by Crippen LogP contribution is -2.18. The highest BCUT2D eigenvalue weighted by Gasteiger charge is 2.33. The molecule has 3 atom stereocenters. The van der Waals surface area contributed by atoms with Gasteiger partial charge in [-0.2, -0.15) is 37.9 Å². The van der Waals surface area contributed by atoms with Gasteiger partial charge in [-0.3, -0.25) is 14.4 Å². The second kappa shape index (κ2) is 40.5. The largest absolute Gasteiger partial charge is 0.493 e. The predicted octanol–water partition coefficient (Wildman–Crippen LogP) is 17.4. The molecule has 0 amide bonds. The third kappa shape index (κ3) is 28.6. The van der Waals surface area contributed by atoms with Crippen LogP contribution in [0.3, 0.4) is 0 Å². The molecule has 0 aromatic heterocycles. The number of thiol groups is 3. The topological polar surface area (TPSA) is 121 Å². The molecule has 0 radical (unpaired) electrons. The van der Waals surface area contributed by atoms with Crippen molar-refractivity contribution in [2.24, 2.45) is 0 Å². The molecule has 10 heteroatoms.